The fraction of sp³-hybridized carbons (Fsp3) is 0.176. The zero-order chi connectivity index (χ0) is 15.1. The van der Waals surface area contributed by atoms with Crippen molar-refractivity contribution in [1.82, 2.24) is 9.78 Å². The summed E-state index contributed by atoms with van der Waals surface area (Å²) in [6, 6.07) is 12.2. The Hall–Kier alpha value is -2.20. The van der Waals surface area contributed by atoms with Crippen molar-refractivity contribution in [2.24, 2.45) is 5.73 Å². The molecule has 0 aliphatic heterocycles. The number of aryl methyl sites for hydroxylation is 1. The zero-order valence-electron chi connectivity index (χ0n) is 12.3. The lowest BCUT2D eigenvalue weighted by molar-refractivity contribution is 0.839. The normalized spacial score (nSPS) is 11.0. The highest BCUT2D eigenvalue weighted by molar-refractivity contribution is 7.80. The van der Waals surface area contributed by atoms with Crippen LogP contribution in [0.15, 0.2) is 36.4 Å². The molecule has 0 saturated heterocycles. The Bertz CT molecular complexity index is 862. The van der Waals surface area contributed by atoms with Gasteiger partial charge in [0.2, 0.25) is 0 Å². The molecule has 21 heavy (non-hydrogen) atoms. The van der Waals surface area contributed by atoms with E-state index in [9.17, 15) is 0 Å². The van der Waals surface area contributed by atoms with Crippen LogP contribution in [0, 0.1) is 20.8 Å². The highest BCUT2D eigenvalue weighted by Crippen LogP contribution is 2.27. The maximum atomic E-state index is 5.84. The number of nitrogens with zero attached hydrogens (tertiary/aromatic N) is 2. The highest BCUT2D eigenvalue weighted by atomic mass is 32.1. The molecule has 1 heterocycles. The van der Waals surface area contributed by atoms with Crippen molar-refractivity contribution >= 4 is 28.0 Å². The molecule has 0 radical (unpaired) electrons. The standard InChI is InChI=1S/C17H17N3S/c1-10-11(2)19-20(12(10)3)16-9-8-15(17(18)21)13-6-4-5-7-14(13)16/h4-9H,1-3H3,(H2,18,21). The largest absolute Gasteiger partial charge is 0.389 e. The number of hydrogen-bond donors (Lipinski definition) is 1. The van der Waals surface area contributed by atoms with Crippen LogP contribution in [0.25, 0.3) is 16.5 Å². The molecule has 3 nitrogen and oxygen atoms in total. The minimum absolute atomic E-state index is 0.419. The molecular formula is C17H17N3S. The van der Waals surface area contributed by atoms with Crippen LogP contribution in [-0.2, 0) is 0 Å². The van der Waals surface area contributed by atoms with Crippen LogP contribution < -0.4 is 5.73 Å². The molecule has 0 saturated carbocycles. The molecule has 0 spiro atoms. The van der Waals surface area contributed by atoms with E-state index in [0.29, 0.717) is 4.99 Å². The van der Waals surface area contributed by atoms with E-state index < -0.39 is 0 Å². The first-order chi connectivity index (χ1) is 10.0. The van der Waals surface area contributed by atoms with Gasteiger partial charge in [0.25, 0.3) is 0 Å². The van der Waals surface area contributed by atoms with Crippen LogP contribution in [-0.4, -0.2) is 14.8 Å². The van der Waals surface area contributed by atoms with Gasteiger partial charge in [-0.3, -0.25) is 0 Å². The monoisotopic (exact) mass is 295 g/mol. The van der Waals surface area contributed by atoms with Gasteiger partial charge >= 0.3 is 0 Å². The summed E-state index contributed by atoms with van der Waals surface area (Å²) in [5.41, 5.74) is 11.2. The predicted molar refractivity (Wildman–Crippen MR) is 91.2 cm³/mol. The number of fused-ring (bicyclic) bond motifs is 1. The van der Waals surface area contributed by atoms with Gasteiger partial charge in [0.1, 0.15) is 4.99 Å². The molecule has 3 rings (SSSR count). The fourth-order valence-electron chi connectivity index (χ4n) is 2.64. The lowest BCUT2D eigenvalue weighted by Crippen LogP contribution is -2.11. The summed E-state index contributed by atoms with van der Waals surface area (Å²) in [7, 11) is 0. The minimum Gasteiger partial charge on any atom is -0.389 e. The summed E-state index contributed by atoms with van der Waals surface area (Å²) in [5, 5.41) is 6.82. The Morgan fingerprint density at radius 2 is 1.71 bits per heavy atom. The number of rotatable bonds is 2. The van der Waals surface area contributed by atoms with Gasteiger partial charge in [-0.25, -0.2) is 4.68 Å². The quantitative estimate of drug-likeness (QED) is 0.735. The SMILES string of the molecule is Cc1nn(-c2ccc(C(N)=S)c3ccccc23)c(C)c1C. The van der Waals surface area contributed by atoms with Crippen molar-refractivity contribution in [1.29, 1.82) is 0 Å². The van der Waals surface area contributed by atoms with Crippen molar-refractivity contribution in [3.05, 3.63) is 58.9 Å². The maximum absolute atomic E-state index is 5.84. The third-order valence-corrected chi connectivity index (χ3v) is 4.27. The van der Waals surface area contributed by atoms with Gasteiger partial charge in [-0.1, -0.05) is 36.5 Å². The van der Waals surface area contributed by atoms with Crippen LogP contribution in [0.5, 0.6) is 0 Å². The van der Waals surface area contributed by atoms with Crippen molar-refractivity contribution < 1.29 is 0 Å². The molecule has 2 N–H and O–H groups in total. The summed E-state index contributed by atoms with van der Waals surface area (Å²) < 4.78 is 2.00. The molecule has 0 aliphatic rings. The van der Waals surface area contributed by atoms with Crippen LogP contribution >= 0.6 is 12.2 Å². The van der Waals surface area contributed by atoms with E-state index in [4.69, 9.17) is 18.0 Å². The van der Waals surface area contributed by atoms with Crippen LogP contribution in [0.4, 0.5) is 0 Å². The van der Waals surface area contributed by atoms with Crippen molar-refractivity contribution in [3.8, 4) is 5.69 Å². The molecule has 0 aliphatic carbocycles. The summed E-state index contributed by atoms with van der Waals surface area (Å²) in [6.07, 6.45) is 0. The van der Waals surface area contributed by atoms with Crippen molar-refractivity contribution in [2.45, 2.75) is 20.8 Å². The molecule has 3 aromatic rings. The van der Waals surface area contributed by atoms with E-state index >= 15 is 0 Å². The first-order valence-electron chi connectivity index (χ1n) is 6.85. The topological polar surface area (TPSA) is 43.8 Å². The summed E-state index contributed by atoms with van der Waals surface area (Å²) >= 11 is 5.16. The third kappa shape index (κ3) is 2.12. The van der Waals surface area contributed by atoms with E-state index in [1.165, 1.54) is 5.56 Å². The molecule has 0 fully saturated rings. The van der Waals surface area contributed by atoms with Gasteiger partial charge in [0.15, 0.2) is 0 Å². The molecule has 106 valence electrons. The second-order valence-electron chi connectivity index (χ2n) is 5.25. The predicted octanol–water partition coefficient (Wildman–Crippen LogP) is 3.58. The lowest BCUT2D eigenvalue weighted by Gasteiger charge is -2.12. The Kier molecular flexibility index (Phi) is 3.26. The van der Waals surface area contributed by atoms with E-state index in [0.717, 1.165) is 33.4 Å². The van der Waals surface area contributed by atoms with E-state index in [1.54, 1.807) is 0 Å². The van der Waals surface area contributed by atoms with Gasteiger partial charge in [0, 0.05) is 16.6 Å². The van der Waals surface area contributed by atoms with E-state index in [1.807, 2.05) is 41.9 Å². The number of aromatic nitrogens is 2. The van der Waals surface area contributed by atoms with E-state index in [2.05, 4.69) is 25.0 Å². The maximum Gasteiger partial charge on any atom is 0.104 e. The van der Waals surface area contributed by atoms with Gasteiger partial charge in [-0.2, -0.15) is 5.10 Å². The lowest BCUT2D eigenvalue weighted by atomic mass is 10.0. The number of thiocarbonyl (C=S) groups is 1. The van der Waals surface area contributed by atoms with Crippen LogP contribution in [0.3, 0.4) is 0 Å². The number of nitrogens with two attached hydrogens (primary N) is 1. The Balaban J connectivity index is 2.37. The van der Waals surface area contributed by atoms with Gasteiger partial charge in [-0.15, -0.1) is 0 Å². The van der Waals surface area contributed by atoms with Gasteiger partial charge < -0.3 is 5.73 Å². The summed E-state index contributed by atoms with van der Waals surface area (Å²) in [5.74, 6) is 0. The second-order valence-corrected chi connectivity index (χ2v) is 5.69. The van der Waals surface area contributed by atoms with Crippen molar-refractivity contribution in [2.75, 3.05) is 0 Å². The zero-order valence-corrected chi connectivity index (χ0v) is 13.2. The second kappa shape index (κ2) is 4.97. The minimum atomic E-state index is 0.419. The smallest absolute Gasteiger partial charge is 0.104 e. The molecule has 4 heteroatoms. The average Bonchev–Trinajstić information content (AvgIpc) is 2.73. The molecule has 2 aromatic carbocycles. The van der Waals surface area contributed by atoms with Crippen molar-refractivity contribution in [3.63, 3.8) is 0 Å². The first-order valence-corrected chi connectivity index (χ1v) is 7.26. The van der Waals surface area contributed by atoms with Gasteiger partial charge in [-0.05, 0) is 43.9 Å². The highest BCUT2D eigenvalue weighted by Gasteiger charge is 2.13. The van der Waals surface area contributed by atoms with E-state index in [-0.39, 0.29) is 0 Å². The van der Waals surface area contributed by atoms with Crippen LogP contribution in [0.2, 0.25) is 0 Å². The number of hydrogen-bond acceptors (Lipinski definition) is 2. The Morgan fingerprint density at radius 3 is 2.29 bits per heavy atom. The van der Waals surface area contributed by atoms with Crippen LogP contribution in [0.1, 0.15) is 22.5 Å². The van der Waals surface area contributed by atoms with Gasteiger partial charge in [0.05, 0.1) is 11.4 Å². The summed E-state index contributed by atoms with van der Waals surface area (Å²) in [6.45, 7) is 6.22. The fourth-order valence-corrected chi connectivity index (χ4v) is 2.82. The molecular weight excluding hydrogens is 278 g/mol. The first kappa shape index (κ1) is 13.8. The third-order valence-electron chi connectivity index (χ3n) is 4.05. The molecule has 1 aromatic heterocycles. The molecule has 0 amide bonds. The number of benzene rings is 2. The summed E-state index contributed by atoms with van der Waals surface area (Å²) in [4.78, 5) is 0.419. The Labute approximate surface area is 129 Å². The molecule has 0 unspecified atom stereocenters. The molecule has 0 atom stereocenters. The Morgan fingerprint density at radius 1 is 1.05 bits per heavy atom. The molecule has 0 bridgehead atoms. The average molecular weight is 295 g/mol.